The van der Waals surface area contributed by atoms with Gasteiger partial charge in [-0.15, -0.1) is 12.4 Å². The normalized spacial score (nSPS) is 12.9. The van der Waals surface area contributed by atoms with Crippen molar-refractivity contribution in [1.29, 1.82) is 0 Å². The number of benzene rings is 1. The summed E-state index contributed by atoms with van der Waals surface area (Å²) in [6.45, 7) is 6.36. The Morgan fingerprint density at radius 3 is 2.12 bits per heavy atom. The maximum absolute atomic E-state index is 6.27. The summed E-state index contributed by atoms with van der Waals surface area (Å²) >= 11 is 6.27. The van der Waals surface area contributed by atoms with Crippen molar-refractivity contribution in [1.82, 2.24) is 0 Å². The predicted molar refractivity (Wildman–Crippen MR) is 79.4 cm³/mol. The highest BCUT2D eigenvalue weighted by atomic mass is 35.5. The third-order valence-electron chi connectivity index (χ3n) is 2.77. The molecule has 1 aromatic carbocycles. The molecular weight excluding hydrogens is 255 g/mol. The molecule has 0 aliphatic heterocycles. The Morgan fingerprint density at radius 2 is 1.76 bits per heavy atom. The zero-order chi connectivity index (χ0) is 12.5. The zero-order valence-electron chi connectivity index (χ0n) is 11.1. The fraction of sp³-hybridized carbons (Fsp3) is 0.538. The lowest BCUT2D eigenvalue weighted by Gasteiger charge is -2.28. The Balaban J connectivity index is 0.00000256. The number of nitrogens with zero attached hydrogens (tertiary/aromatic N) is 1. The van der Waals surface area contributed by atoms with E-state index < -0.39 is 0 Å². The third-order valence-corrected chi connectivity index (χ3v) is 3.10. The number of anilines is 1. The van der Waals surface area contributed by atoms with Gasteiger partial charge >= 0.3 is 0 Å². The van der Waals surface area contributed by atoms with Crippen molar-refractivity contribution >= 4 is 29.7 Å². The van der Waals surface area contributed by atoms with Crippen LogP contribution in [0, 0.1) is 5.41 Å². The summed E-state index contributed by atoms with van der Waals surface area (Å²) in [5.41, 5.74) is 8.32. The number of hydrogen-bond donors (Lipinski definition) is 1. The molecule has 17 heavy (non-hydrogen) atoms. The zero-order valence-corrected chi connectivity index (χ0v) is 12.7. The van der Waals surface area contributed by atoms with E-state index in [2.05, 4.69) is 20.8 Å². The molecule has 0 fully saturated rings. The van der Waals surface area contributed by atoms with E-state index in [0.717, 1.165) is 16.3 Å². The minimum Gasteiger partial charge on any atom is -0.378 e. The first-order valence-corrected chi connectivity index (χ1v) is 5.83. The van der Waals surface area contributed by atoms with Gasteiger partial charge in [0.2, 0.25) is 0 Å². The van der Waals surface area contributed by atoms with Crippen molar-refractivity contribution in [3.63, 3.8) is 0 Å². The van der Waals surface area contributed by atoms with Gasteiger partial charge in [-0.05, 0) is 23.1 Å². The van der Waals surface area contributed by atoms with Crippen molar-refractivity contribution in [2.45, 2.75) is 26.8 Å². The van der Waals surface area contributed by atoms with Crippen LogP contribution >= 0.6 is 24.0 Å². The minimum atomic E-state index is -0.0452. The second kappa shape index (κ2) is 5.94. The number of nitrogens with two attached hydrogens (primary N) is 1. The lowest BCUT2D eigenvalue weighted by molar-refractivity contribution is 0.327. The molecule has 1 atom stereocenters. The first-order valence-electron chi connectivity index (χ1n) is 5.46. The summed E-state index contributed by atoms with van der Waals surface area (Å²) in [5, 5.41) is 0.744. The topological polar surface area (TPSA) is 29.3 Å². The summed E-state index contributed by atoms with van der Waals surface area (Å²) in [4.78, 5) is 2.03. The van der Waals surface area contributed by atoms with Crippen LogP contribution < -0.4 is 10.6 Å². The fourth-order valence-corrected chi connectivity index (χ4v) is 1.81. The lowest BCUT2D eigenvalue weighted by atomic mass is 9.83. The van der Waals surface area contributed by atoms with Gasteiger partial charge in [0.25, 0.3) is 0 Å². The molecule has 1 aromatic rings. The van der Waals surface area contributed by atoms with Gasteiger partial charge in [-0.3, -0.25) is 0 Å². The molecule has 0 aliphatic carbocycles. The number of rotatable bonds is 2. The van der Waals surface area contributed by atoms with Crippen LogP contribution in [0.4, 0.5) is 5.69 Å². The van der Waals surface area contributed by atoms with Crippen molar-refractivity contribution < 1.29 is 0 Å². The molecule has 0 saturated carbocycles. The molecule has 2 nitrogen and oxygen atoms in total. The Hall–Kier alpha value is -0.440. The molecule has 4 heteroatoms. The van der Waals surface area contributed by atoms with Crippen LogP contribution in [0.5, 0.6) is 0 Å². The molecule has 0 heterocycles. The molecule has 2 N–H and O–H groups in total. The molecule has 0 unspecified atom stereocenters. The highest BCUT2D eigenvalue weighted by molar-refractivity contribution is 6.31. The van der Waals surface area contributed by atoms with Gasteiger partial charge in [0.05, 0.1) is 0 Å². The Bertz CT molecular complexity index is 370. The van der Waals surface area contributed by atoms with Crippen LogP contribution in [0.2, 0.25) is 5.02 Å². The van der Waals surface area contributed by atoms with E-state index in [1.807, 2.05) is 37.2 Å². The molecule has 0 radical (unpaired) electrons. The average molecular weight is 277 g/mol. The van der Waals surface area contributed by atoms with Crippen molar-refractivity contribution in [3.8, 4) is 0 Å². The Morgan fingerprint density at radius 1 is 1.24 bits per heavy atom. The Kier molecular flexibility index (Phi) is 5.79. The highest BCUT2D eigenvalue weighted by Crippen LogP contribution is 2.35. The van der Waals surface area contributed by atoms with Crippen molar-refractivity contribution in [2.24, 2.45) is 11.1 Å². The highest BCUT2D eigenvalue weighted by Gasteiger charge is 2.24. The van der Waals surface area contributed by atoms with Crippen LogP contribution in [0.15, 0.2) is 18.2 Å². The van der Waals surface area contributed by atoms with E-state index >= 15 is 0 Å². The molecule has 1 rings (SSSR count). The van der Waals surface area contributed by atoms with E-state index in [0.29, 0.717) is 0 Å². The Labute approximate surface area is 116 Å². The lowest BCUT2D eigenvalue weighted by Crippen LogP contribution is -2.26. The molecule has 0 amide bonds. The van der Waals surface area contributed by atoms with Gasteiger partial charge in [0, 0.05) is 30.8 Å². The van der Waals surface area contributed by atoms with Gasteiger partial charge in [-0.1, -0.05) is 38.4 Å². The molecule has 0 saturated heterocycles. The van der Waals surface area contributed by atoms with E-state index in [4.69, 9.17) is 17.3 Å². The number of hydrogen-bond acceptors (Lipinski definition) is 2. The minimum absolute atomic E-state index is 0. The van der Waals surface area contributed by atoms with Crippen LogP contribution in [0.25, 0.3) is 0 Å². The summed E-state index contributed by atoms with van der Waals surface area (Å²) < 4.78 is 0. The maximum Gasteiger partial charge on any atom is 0.0474 e. The molecule has 0 aromatic heterocycles. The smallest absolute Gasteiger partial charge is 0.0474 e. The second-order valence-corrected chi connectivity index (χ2v) is 5.85. The van der Waals surface area contributed by atoms with Gasteiger partial charge in [0.15, 0.2) is 0 Å². The quantitative estimate of drug-likeness (QED) is 0.889. The van der Waals surface area contributed by atoms with Crippen molar-refractivity contribution in [2.75, 3.05) is 19.0 Å². The van der Waals surface area contributed by atoms with E-state index in [1.165, 1.54) is 0 Å². The van der Waals surface area contributed by atoms with E-state index in [-0.39, 0.29) is 23.9 Å². The average Bonchev–Trinajstić information content (AvgIpc) is 2.15. The number of halogens is 2. The van der Waals surface area contributed by atoms with Crippen LogP contribution in [0.1, 0.15) is 32.4 Å². The predicted octanol–water partition coefficient (Wildman–Crippen LogP) is 3.87. The van der Waals surface area contributed by atoms with Gasteiger partial charge < -0.3 is 10.6 Å². The van der Waals surface area contributed by atoms with Gasteiger partial charge in [-0.2, -0.15) is 0 Å². The largest absolute Gasteiger partial charge is 0.378 e. The monoisotopic (exact) mass is 276 g/mol. The maximum atomic E-state index is 6.27. The first-order chi connectivity index (χ1) is 7.23. The summed E-state index contributed by atoms with van der Waals surface area (Å²) in [5.74, 6) is 0. The molecule has 0 aliphatic rings. The second-order valence-electron chi connectivity index (χ2n) is 5.44. The van der Waals surface area contributed by atoms with Gasteiger partial charge in [0.1, 0.15) is 0 Å². The van der Waals surface area contributed by atoms with Crippen molar-refractivity contribution in [3.05, 3.63) is 28.8 Å². The van der Waals surface area contributed by atoms with E-state index in [9.17, 15) is 0 Å². The molecular formula is C13H22Cl2N2. The molecule has 98 valence electrons. The van der Waals surface area contributed by atoms with E-state index in [1.54, 1.807) is 0 Å². The van der Waals surface area contributed by atoms with Crippen LogP contribution in [-0.2, 0) is 0 Å². The third kappa shape index (κ3) is 4.06. The first kappa shape index (κ1) is 16.6. The molecule has 0 bridgehead atoms. The SMILES string of the molecule is CN(C)c1ccc([C@H](N)C(C)(C)C)c(Cl)c1.Cl. The van der Waals surface area contributed by atoms with Gasteiger partial charge in [-0.25, -0.2) is 0 Å². The molecule has 0 spiro atoms. The standard InChI is InChI=1S/C13H21ClN2.ClH/c1-13(2,3)12(15)10-7-6-9(16(4)5)8-11(10)14;/h6-8,12H,15H2,1-5H3;1H/t12-;/m0./s1. The fourth-order valence-electron chi connectivity index (χ4n) is 1.51. The summed E-state index contributed by atoms with van der Waals surface area (Å²) in [6, 6.07) is 5.99. The van der Waals surface area contributed by atoms with Crippen LogP contribution in [-0.4, -0.2) is 14.1 Å². The summed E-state index contributed by atoms with van der Waals surface area (Å²) in [6.07, 6.45) is 0. The summed E-state index contributed by atoms with van der Waals surface area (Å²) in [7, 11) is 3.99. The van der Waals surface area contributed by atoms with Crippen LogP contribution in [0.3, 0.4) is 0 Å².